The third-order valence-corrected chi connectivity index (χ3v) is 11.6. The number of rotatable bonds is 47. The van der Waals surface area contributed by atoms with Crippen molar-refractivity contribution in [2.24, 2.45) is 0 Å². The number of ether oxygens (including phenoxy) is 2. The summed E-state index contributed by atoms with van der Waals surface area (Å²) >= 11 is 0. The minimum Gasteiger partial charge on any atom is -0.457 e. The first-order valence-electron chi connectivity index (χ1n) is 26.0. The molecule has 0 spiro atoms. The van der Waals surface area contributed by atoms with Crippen molar-refractivity contribution < 1.29 is 37.3 Å². The van der Waals surface area contributed by atoms with Crippen LogP contribution >= 0.6 is 7.82 Å². The molecule has 0 aliphatic heterocycles. The van der Waals surface area contributed by atoms with Crippen LogP contribution in [0.5, 0.6) is 0 Å². The summed E-state index contributed by atoms with van der Waals surface area (Å²) in [7, 11) is 1.62. The van der Waals surface area contributed by atoms with Crippen LogP contribution in [0.3, 0.4) is 0 Å². The number of carbonyl (C=O) groups excluding carboxylic acids is 1. The van der Waals surface area contributed by atoms with Gasteiger partial charge in [-0.2, -0.15) is 0 Å². The fourth-order valence-corrected chi connectivity index (χ4v) is 7.40. The lowest BCUT2D eigenvalue weighted by molar-refractivity contribution is -0.870. The molecule has 0 saturated heterocycles. The SMILES string of the molecule is CC/C=C\C/C=C\C/C=C\C/C=C\C/C=C\C/C=C\C/C=C\CCCC(=O)OC(COCCCCCCCCCCCC/C=C\CCCCCCCC)COP(=O)(O)OCC[N+](C)(C)C. The van der Waals surface area contributed by atoms with Gasteiger partial charge in [0.15, 0.2) is 0 Å². The maximum Gasteiger partial charge on any atom is 0.472 e. The first-order chi connectivity index (χ1) is 31.6. The van der Waals surface area contributed by atoms with Crippen LogP contribution in [0.2, 0.25) is 0 Å². The number of nitrogens with zero attached hydrogens (tertiary/aromatic N) is 1. The molecule has 0 bridgehead atoms. The van der Waals surface area contributed by atoms with E-state index in [4.69, 9.17) is 18.5 Å². The molecule has 0 radical (unpaired) electrons. The smallest absolute Gasteiger partial charge is 0.457 e. The highest BCUT2D eigenvalue weighted by atomic mass is 31.2. The molecule has 0 aliphatic rings. The molecule has 65 heavy (non-hydrogen) atoms. The Hall–Kier alpha value is -2.58. The summed E-state index contributed by atoms with van der Waals surface area (Å²) in [6.45, 7) is 5.42. The van der Waals surface area contributed by atoms with E-state index in [1.807, 2.05) is 21.1 Å². The highest BCUT2D eigenvalue weighted by molar-refractivity contribution is 7.47. The Bertz CT molecular complexity index is 1360. The first-order valence-corrected chi connectivity index (χ1v) is 27.5. The number of quaternary nitrogens is 1. The average molecular weight is 929 g/mol. The number of likely N-dealkylation sites (N-methyl/N-ethyl adjacent to an activating group) is 1. The highest BCUT2D eigenvalue weighted by Gasteiger charge is 2.26. The Kier molecular flexibility index (Phi) is 46.0. The number of phosphoric ester groups is 1. The Morgan fingerprint density at radius 3 is 1.35 bits per heavy atom. The quantitative estimate of drug-likeness (QED) is 0.0214. The highest BCUT2D eigenvalue weighted by Crippen LogP contribution is 2.43. The van der Waals surface area contributed by atoms with Crippen molar-refractivity contribution in [3.05, 3.63) is 97.2 Å². The molecule has 374 valence electrons. The van der Waals surface area contributed by atoms with Gasteiger partial charge in [-0.05, 0) is 89.9 Å². The zero-order valence-electron chi connectivity index (χ0n) is 42.4. The van der Waals surface area contributed by atoms with Crippen LogP contribution in [0.25, 0.3) is 0 Å². The topological polar surface area (TPSA) is 91.3 Å². The van der Waals surface area contributed by atoms with Gasteiger partial charge in [-0.1, -0.05) is 195 Å². The van der Waals surface area contributed by atoms with E-state index in [0.717, 1.165) is 64.2 Å². The van der Waals surface area contributed by atoms with E-state index >= 15 is 0 Å². The molecule has 0 aliphatic carbocycles. The van der Waals surface area contributed by atoms with Crippen molar-refractivity contribution in [1.29, 1.82) is 0 Å². The standard InChI is InChI=1S/C56H98NO7P/c1-6-8-10-12-14-16-18-20-22-24-26-28-29-30-31-33-35-37-39-41-43-45-47-49-56(58)64-55(54-63-65(59,60)62-52-50-57(3,4)5)53-61-51-48-46-44-42-40-38-36-34-32-27-25-23-21-19-17-15-13-11-9-7-2/h8,10,14,16,20-23,26,28,30-31,35,37,41,43,55H,6-7,9,11-13,15,17-19,24-25,27,29,32-34,36,38-40,42,44-54H2,1-5H3/p+1/b10-8-,16-14-,22-20-,23-21-,28-26-,31-30-,37-35-,43-41-. The first kappa shape index (κ1) is 62.4. The van der Waals surface area contributed by atoms with Crippen LogP contribution in [0.4, 0.5) is 0 Å². The van der Waals surface area contributed by atoms with Crippen molar-refractivity contribution in [1.82, 2.24) is 0 Å². The molecule has 0 rings (SSSR count). The van der Waals surface area contributed by atoms with E-state index in [2.05, 4.69) is 111 Å². The summed E-state index contributed by atoms with van der Waals surface area (Å²) in [6.07, 6.45) is 66.1. The molecule has 0 heterocycles. The van der Waals surface area contributed by atoms with Gasteiger partial charge in [-0.25, -0.2) is 4.57 Å². The molecule has 0 amide bonds. The van der Waals surface area contributed by atoms with E-state index in [0.29, 0.717) is 24.1 Å². The summed E-state index contributed by atoms with van der Waals surface area (Å²) in [5, 5.41) is 0. The average Bonchev–Trinajstić information content (AvgIpc) is 3.27. The second-order valence-electron chi connectivity index (χ2n) is 18.2. The van der Waals surface area contributed by atoms with Crippen molar-refractivity contribution >= 4 is 13.8 Å². The lowest BCUT2D eigenvalue weighted by Crippen LogP contribution is -2.37. The summed E-state index contributed by atoms with van der Waals surface area (Å²) in [5.41, 5.74) is 0. The van der Waals surface area contributed by atoms with Crippen LogP contribution in [-0.2, 0) is 27.9 Å². The third-order valence-electron chi connectivity index (χ3n) is 10.6. The molecule has 8 nitrogen and oxygen atoms in total. The predicted molar refractivity (Wildman–Crippen MR) is 279 cm³/mol. The molecular formula is C56H99NO7P+. The van der Waals surface area contributed by atoms with Crippen LogP contribution in [0.1, 0.15) is 194 Å². The molecule has 0 aromatic carbocycles. The largest absolute Gasteiger partial charge is 0.472 e. The molecule has 2 unspecified atom stereocenters. The lowest BCUT2D eigenvalue weighted by atomic mass is 10.1. The zero-order chi connectivity index (χ0) is 47.6. The molecule has 1 N–H and O–H groups in total. The van der Waals surface area contributed by atoms with E-state index in [1.54, 1.807) is 0 Å². The Morgan fingerprint density at radius 2 is 0.892 bits per heavy atom. The summed E-state index contributed by atoms with van der Waals surface area (Å²) in [4.78, 5) is 23.0. The van der Waals surface area contributed by atoms with Gasteiger partial charge < -0.3 is 18.9 Å². The number of unbranched alkanes of at least 4 members (excludes halogenated alkanes) is 17. The molecule has 0 aromatic rings. The van der Waals surface area contributed by atoms with Gasteiger partial charge >= 0.3 is 13.8 Å². The van der Waals surface area contributed by atoms with Gasteiger partial charge in [0, 0.05) is 13.0 Å². The van der Waals surface area contributed by atoms with Gasteiger partial charge in [-0.3, -0.25) is 13.8 Å². The monoisotopic (exact) mass is 929 g/mol. The van der Waals surface area contributed by atoms with Crippen LogP contribution in [-0.4, -0.2) is 75.6 Å². The van der Waals surface area contributed by atoms with Gasteiger partial charge in [0.2, 0.25) is 0 Å². The second kappa shape index (κ2) is 47.9. The van der Waals surface area contributed by atoms with Gasteiger partial charge in [0.05, 0.1) is 34.4 Å². The van der Waals surface area contributed by atoms with E-state index in [1.165, 1.54) is 103 Å². The minimum absolute atomic E-state index is 0.0725. The van der Waals surface area contributed by atoms with Crippen LogP contribution in [0.15, 0.2) is 97.2 Å². The molecule has 9 heteroatoms. The van der Waals surface area contributed by atoms with Crippen molar-refractivity contribution in [2.45, 2.75) is 200 Å². The Balaban J connectivity index is 4.28. The van der Waals surface area contributed by atoms with Gasteiger partial charge in [0.25, 0.3) is 0 Å². The maximum atomic E-state index is 12.7. The second-order valence-corrected chi connectivity index (χ2v) is 19.6. The molecule has 0 saturated carbocycles. The number of hydrogen-bond acceptors (Lipinski definition) is 6. The van der Waals surface area contributed by atoms with Crippen molar-refractivity contribution in [2.75, 3.05) is 54.1 Å². The molecule has 2 atom stereocenters. The lowest BCUT2D eigenvalue weighted by Gasteiger charge is -2.24. The number of esters is 1. The van der Waals surface area contributed by atoms with Crippen molar-refractivity contribution in [3.63, 3.8) is 0 Å². The van der Waals surface area contributed by atoms with Crippen LogP contribution in [0, 0.1) is 0 Å². The van der Waals surface area contributed by atoms with E-state index in [9.17, 15) is 14.3 Å². The summed E-state index contributed by atoms with van der Waals surface area (Å²) < 4.78 is 35.1. The van der Waals surface area contributed by atoms with Crippen LogP contribution < -0.4 is 0 Å². The normalized spacial score (nSPS) is 14.4. The number of allylic oxidation sites excluding steroid dienone is 16. The zero-order valence-corrected chi connectivity index (χ0v) is 43.3. The molecular weight excluding hydrogens is 830 g/mol. The number of hydrogen-bond donors (Lipinski definition) is 1. The van der Waals surface area contributed by atoms with E-state index in [-0.39, 0.29) is 32.2 Å². The molecule has 0 fully saturated rings. The fourth-order valence-electron chi connectivity index (χ4n) is 6.65. The summed E-state index contributed by atoms with van der Waals surface area (Å²) in [6, 6.07) is 0. The number of phosphoric acid groups is 1. The summed E-state index contributed by atoms with van der Waals surface area (Å²) in [5.74, 6) is -0.373. The minimum atomic E-state index is -4.30. The molecule has 0 aromatic heterocycles. The number of carbonyl (C=O) groups is 1. The fraction of sp³-hybridized carbons (Fsp3) is 0.696. The van der Waals surface area contributed by atoms with E-state index < -0.39 is 13.9 Å². The Labute approximate surface area is 400 Å². The predicted octanol–water partition coefficient (Wildman–Crippen LogP) is 16.2. The Morgan fingerprint density at radius 1 is 0.492 bits per heavy atom. The maximum absolute atomic E-state index is 12.7. The van der Waals surface area contributed by atoms with Gasteiger partial charge in [0.1, 0.15) is 19.3 Å². The van der Waals surface area contributed by atoms with Crippen molar-refractivity contribution in [3.8, 4) is 0 Å². The third kappa shape index (κ3) is 52.3. The van der Waals surface area contributed by atoms with Gasteiger partial charge in [-0.15, -0.1) is 0 Å².